The molecule has 35 heavy (non-hydrogen) atoms. The van der Waals surface area contributed by atoms with Crippen molar-refractivity contribution in [1.82, 2.24) is 4.98 Å². The predicted molar refractivity (Wildman–Crippen MR) is 146 cm³/mol. The zero-order valence-electron chi connectivity index (χ0n) is 18.8. The third kappa shape index (κ3) is 5.77. The highest BCUT2D eigenvalue weighted by molar-refractivity contribution is 7.19. The van der Waals surface area contributed by atoms with Crippen LogP contribution in [0.4, 0.5) is 5.13 Å². The second-order valence-electron chi connectivity index (χ2n) is 7.75. The van der Waals surface area contributed by atoms with Gasteiger partial charge in [0.05, 0.1) is 16.8 Å². The molecule has 0 fully saturated rings. The van der Waals surface area contributed by atoms with Gasteiger partial charge >= 0.3 is 0 Å². The van der Waals surface area contributed by atoms with E-state index in [2.05, 4.69) is 22.7 Å². The number of anilines is 1. The minimum Gasteiger partial charge on any atom is -0.488 e. The molecule has 5 aromatic rings. The van der Waals surface area contributed by atoms with Crippen LogP contribution in [0.15, 0.2) is 114 Å². The molecule has 4 aromatic carbocycles. The van der Waals surface area contributed by atoms with Gasteiger partial charge in [0.25, 0.3) is 0 Å². The topological polar surface area (TPSA) is 46.5 Å². The Bertz CT molecular complexity index is 1420. The van der Waals surface area contributed by atoms with Crippen molar-refractivity contribution >= 4 is 34.3 Å². The van der Waals surface area contributed by atoms with Crippen LogP contribution in [0.3, 0.4) is 0 Å². The second-order valence-corrected chi connectivity index (χ2v) is 9.19. The summed E-state index contributed by atoms with van der Waals surface area (Å²) < 4.78 is 6.03. The Labute approximate surface area is 213 Å². The van der Waals surface area contributed by atoms with Gasteiger partial charge < -0.3 is 4.74 Å². The number of halogens is 1. The molecule has 4 nitrogen and oxygen atoms in total. The first kappa shape index (κ1) is 22.8. The van der Waals surface area contributed by atoms with Crippen LogP contribution in [0.1, 0.15) is 11.1 Å². The van der Waals surface area contributed by atoms with Crippen molar-refractivity contribution in [2.75, 3.05) is 5.43 Å². The number of hydrogen-bond donors (Lipinski definition) is 1. The molecule has 1 heterocycles. The molecule has 0 aliphatic rings. The predicted octanol–water partition coefficient (Wildman–Crippen LogP) is 8.16. The monoisotopic (exact) mass is 495 g/mol. The van der Waals surface area contributed by atoms with Crippen LogP contribution in [0, 0.1) is 0 Å². The summed E-state index contributed by atoms with van der Waals surface area (Å²) in [7, 11) is 0. The van der Waals surface area contributed by atoms with E-state index in [4.69, 9.17) is 21.3 Å². The highest BCUT2D eigenvalue weighted by atomic mass is 35.5. The molecule has 0 saturated carbocycles. The number of nitrogens with zero attached hydrogens (tertiary/aromatic N) is 2. The fourth-order valence-electron chi connectivity index (χ4n) is 3.57. The lowest BCUT2D eigenvalue weighted by molar-refractivity contribution is 0.306. The molecular weight excluding hydrogens is 474 g/mol. The Morgan fingerprint density at radius 3 is 2.26 bits per heavy atom. The van der Waals surface area contributed by atoms with E-state index in [1.165, 1.54) is 0 Å². The highest BCUT2D eigenvalue weighted by Gasteiger charge is 2.15. The normalized spacial score (nSPS) is 11.0. The van der Waals surface area contributed by atoms with Gasteiger partial charge in [0.1, 0.15) is 12.4 Å². The van der Waals surface area contributed by atoms with E-state index in [9.17, 15) is 0 Å². The van der Waals surface area contributed by atoms with Gasteiger partial charge in [-0.25, -0.2) is 4.98 Å². The van der Waals surface area contributed by atoms with E-state index < -0.39 is 0 Å². The Hall–Kier alpha value is -3.93. The molecular formula is C29H22ClN3OS. The van der Waals surface area contributed by atoms with Crippen LogP contribution in [-0.4, -0.2) is 11.2 Å². The quantitative estimate of drug-likeness (QED) is 0.174. The van der Waals surface area contributed by atoms with E-state index in [0.29, 0.717) is 16.8 Å². The molecule has 0 saturated heterocycles. The number of hydrogen-bond acceptors (Lipinski definition) is 5. The van der Waals surface area contributed by atoms with Crippen LogP contribution in [0.2, 0.25) is 5.02 Å². The second kappa shape index (κ2) is 11.0. The SMILES string of the molecule is Clc1ccc(-c2sc(NN=Cc3ccccc3OCc3ccccc3)nc2-c2ccccc2)cc1. The van der Waals surface area contributed by atoms with Crippen LogP contribution >= 0.6 is 22.9 Å². The van der Waals surface area contributed by atoms with Crippen molar-refractivity contribution in [3.8, 4) is 27.4 Å². The smallest absolute Gasteiger partial charge is 0.204 e. The number of benzene rings is 4. The molecule has 0 unspecified atom stereocenters. The van der Waals surface area contributed by atoms with Crippen molar-refractivity contribution < 1.29 is 4.74 Å². The summed E-state index contributed by atoms with van der Waals surface area (Å²) in [4.78, 5) is 5.89. The first-order valence-corrected chi connectivity index (χ1v) is 12.3. The van der Waals surface area contributed by atoms with Crippen molar-refractivity contribution in [3.05, 3.63) is 125 Å². The largest absolute Gasteiger partial charge is 0.488 e. The average Bonchev–Trinajstić information content (AvgIpc) is 3.34. The molecule has 0 aliphatic heterocycles. The summed E-state index contributed by atoms with van der Waals surface area (Å²) in [6.45, 7) is 0.497. The third-order valence-electron chi connectivity index (χ3n) is 5.30. The summed E-state index contributed by atoms with van der Waals surface area (Å²) in [5, 5.41) is 5.86. The molecule has 0 spiro atoms. The number of thiazole rings is 1. The first-order valence-electron chi connectivity index (χ1n) is 11.1. The third-order valence-corrected chi connectivity index (χ3v) is 6.56. The van der Waals surface area contributed by atoms with Crippen LogP contribution < -0.4 is 10.2 Å². The minimum absolute atomic E-state index is 0.497. The van der Waals surface area contributed by atoms with Crippen LogP contribution in [-0.2, 0) is 6.61 Å². The maximum atomic E-state index is 6.10. The molecule has 5 rings (SSSR count). The van der Waals surface area contributed by atoms with Crippen molar-refractivity contribution in [1.29, 1.82) is 0 Å². The molecule has 0 amide bonds. The first-order chi connectivity index (χ1) is 17.3. The molecule has 172 valence electrons. The van der Waals surface area contributed by atoms with Crippen molar-refractivity contribution in [2.24, 2.45) is 5.10 Å². The lowest BCUT2D eigenvalue weighted by Gasteiger charge is -2.08. The van der Waals surface area contributed by atoms with Gasteiger partial charge in [-0.15, -0.1) is 0 Å². The molecule has 0 atom stereocenters. The fourth-order valence-corrected chi connectivity index (χ4v) is 4.64. The summed E-state index contributed by atoms with van der Waals surface area (Å²) in [5.41, 5.74) is 8.11. The van der Waals surface area contributed by atoms with Crippen molar-refractivity contribution in [2.45, 2.75) is 6.61 Å². The van der Waals surface area contributed by atoms with Gasteiger partial charge in [0.15, 0.2) is 0 Å². The lowest BCUT2D eigenvalue weighted by Crippen LogP contribution is -1.99. The number of aromatic nitrogens is 1. The molecule has 0 radical (unpaired) electrons. The molecule has 1 aromatic heterocycles. The molecule has 0 bridgehead atoms. The summed E-state index contributed by atoms with van der Waals surface area (Å²) in [6, 6.07) is 35.9. The van der Waals surface area contributed by atoms with Gasteiger partial charge in [0, 0.05) is 16.1 Å². The van der Waals surface area contributed by atoms with E-state index in [1.54, 1.807) is 17.6 Å². The Balaban J connectivity index is 1.36. The van der Waals surface area contributed by atoms with E-state index in [0.717, 1.165) is 38.6 Å². The maximum Gasteiger partial charge on any atom is 0.204 e. The van der Waals surface area contributed by atoms with Gasteiger partial charge in [-0.2, -0.15) is 5.10 Å². The fraction of sp³-hybridized carbons (Fsp3) is 0.0345. The number of ether oxygens (including phenoxy) is 1. The average molecular weight is 496 g/mol. The van der Waals surface area contributed by atoms with E-state index in [-0.39, 0.29) is 0 Å². The summed E-state index contributed by atoms with van der Waals surface area (Å²) >= 11 is 7.65. The van der Waals surface area contributed by atoms with Gasteiger partial charge in [0.2, 0.25) is 5.13 Å². The van der Waals surface area contributed by atoms with Crippen LogP contribution in [0.5, 0.6) is 5.75 Å². The van der Waals surface area contributed by atoms with Gasteiger partial charge in [-0.1, -0.05) is 108 Å². The van der Waals surface area contributed by atoms with Crippen molar-refractivity contribution in [3.63, 3.8) is 0 Å². The summed E-state index contributed by atoms with van der Waals surface area (Å²) in [5.74, 6) is 0.771. The van der Waals surface area contributed by atoms with Crippen LogP contribution in [0.25, 0.3) is 21.7 Å². The molecule has 6 heteroatoms. The van der Waals surface area contributed by atoms with Gasteiger partial charge in [-0.3, -0.25) is 5.43 Å². The number of hydrazone groups is 1. The molecule has 0 aliphatic carbocycles. The lowest BCUT2D eigenvalue weighted by atomic mass is 10.1. The summed E-state index contributed by atoms with van der Waals surface area (Å²) in [6.07, 6.45) is 1.76. The standard InChI is InChI=1S/C29H22ClN3OS/c30-25-17-15-23(16-18-25)28-27(22-11-5-2-6-12-22)32-29(35-28)33-31-19-24-13-7-8-14-26(24)34-20-21-9-3-1-4-10-21/h1-19H,20H2,(H,32,33). The Morgan fingerprint density at radius 2 is 1.49 bits per heavy atom. The van der Waals surface area contributed by atoms with E-state index in [1.807, 2.05) is 97.1 Å². The Kier molecular flexibility index (Phi) is 7.18. The van der Waals surface area contributed by atoms with Gasteiger partial charge in [-0.05, 0) is 35.4 Å². The zero-order valence-corrected chi connectivity index (χ0v) is 20.3. The Morgan fingerprint density at radius 1 is 0.800 bits per heavy atom. The van der Waals surface area contributed by atoms with E-state index >= 15 is 0 Å². The zero-order chi connectivity index (χ0) is 23.9. The number of para-hydroxylation sites is 1. The highest BCUT2D eigenvalue weighted by Crippen LogP contribution is 2.39. The minimum atomic E-state index is 0.497. The molecule has 1 N–H and O–H groups in total. The number of nitrogens with one attached hydrogen (secondary N) is 1. The number of rotatable bonds is 8. The maximum absolute atomic E-state index is 6.10.